The molecule has 0 radical (unpaired) electrons. The highest BCUT2D eigenvalue weighted by Gasteiger charge is 2.18. The summed E-state index contributed by atoms with van der Waals surface area (Å²) in [6, 6.07) is 6.89. The van der Waals surface area contributed by atoms with Crippen molar-refractivity contribution in [3.63, 3.8) is 0 Å². The number of anilines is 4. The number of nitrogen functional groups attached to an aromatic ring is 2. The Hall–Kier alpha value is -1.76. The predicted octanol–water partition coefficient (Wildman–Crippen LogP) is 4.63. The van der Waals surface area contributed by atoms with Crippen molar-refractivity contribution < 1.29 is 0 Å². The van der Waals surface area contributed by atoms with Crippen molar-refractivity contribution in [3.05, 3.63) is 34.3 Å². The van der Waals surface area contributed by atoms with Crippen LogP contribution in [0.15, 0.2) is 33.0 Å². The van der Waals surface area contributed by atoms with Gasteiger partial charge in [-0.3, -0.25) is 0 Å². The molecule has 102 valence electrons. The monoisotopic (exact) mass is 325 g/mol. The normalized spacial score (nSPS) is 12.1. The number of hydrogen-bond acceptors (Lipinski definition) is 5. The molecule has 0 saturated carbocycles. The zero-order valence-electron chi connectivity index (χ0n) is 10.0. The lowest BCUT2D eigenvalue weighted by Gasteiger charge is -2.13. The molecule has 0 aliphatic carbocycles. The maximum absolute atomic E-state index is 6.22. The molecule has 5 N–H and O–H groups in total. The van der Waals surface area contributed by atoms with Gasteiger partial charge in [0, 0.05) is 5.69 Å². The molecular weight excluding hydrogens is 317 g/mol. The van der Waals surface area contributed by atoms with E-state index in [1.165, 1.54) is 0 Å². The summed E-state index contributed by atoms with van der Waals surface area (Å²) in [6.07, 6.45) is 0. The Labute approximate surface area is 128 Å². The molecule has 1 aliphatic heterocycles. The fourth-order valence-electron chi connectivity index (χ4n) is 1.79. The van der Waals surface area contributed by atoms with Gasteiger partial charge < -0.3 is 16.8 Å². The Morgan fingerprint density at radius 3 is 2.45 bits per heavy atom. The highest BCUT2D eigenvalue weighted by atomic mass is 35.5. The average Bonchev–Trinajstić information content (AvgIpc) is 2.88. The van der Waals surface area contributed by atoms with Gasteiger partial charge in [0.1, 0.15) is 11.4 Å². The molecule has 2 aromatic carbocycles. The van der Waals surface area contributed by atoms with Gasteiger partial charge in [0.15, 0.2) is 0 Å². The average molecular weight is 326 g/mol. The second-order valence-corrected chi connectivity index (χ2v) is 5.49. The maximum Gasteiger partial charge on any atom is 0.131 e. The molecule has 1 heterocycles. The summed E-state index contributed by atoms with van der Waals surface area (Å²) >= 11 is 13.4. The van der Waals surface area contributed by atoms with Gasteiger partial charge in [-0.15, -0.1) is 0 Å². The zero-order chi connectivity index (χ0) is 14.3. The SMILES string of the molecule is Nc1ccc(Nc2c(Cl)cc(Cl)c3c2N=S=N3)cc1N. The first-order valence-electron chi connectivity index (χ1n) is 5.58. The van der Waals surface area contributed by atoms with Crippen LogP contribution in [0.4, 0.5) is 34.1 Å². The lowest BCUT2D eigenvalue weighted by Crippen LogP contribution is -1.97. The largest absolute Gasteiger partial charge is 0.397 e. The van der Waals surface area contributed by atoms with E-state index < -0.39 is 0 Å². The Morgan fingerprint density at radius 2 is 1.70 bits per heavy atom. The van der Waals surface area contributed by atoms with Crippen LogP contribution in [0.25, 0.3) is 0 Å². The van der Waals surface area contributed by atoms with Crippen LogP contribution in [0.2, 0.25) is 10.0 Å². The van der Waals surface area contributed by atoms with E-state index in [0.717, 1.165) is 17.0 Å². The summed E-state index contributed by atoms with van der Waals surface area (Å²) in [6.45, 7) is 0. The molecule has 3 rings (SSSR count). The van der Waals surface area contributed by atoms with Crippen molar-refractivity contribution in [2.45, 2.75) is 0 Å². The number of nitrogens with one attached hydrogen (secondary N) is 1. The summed E-state index contributed by atoms with van der Waals surface area (Å²) in [4.78, 5) is 0. The number of halogens is 2. The molecule has 2 aromatic rings. The van der Waals surface area contributed by atoms with E-state index >= 15 is 0 Å². The Kier molecular flexibility index (Phi) is 3.29. The van der Waals surface area contributed by atoms with E-state index in [0.29, 0.717) is 38.5 Å². The first kappa shape index (κ1) is 13.2. The van der Waals surface area contributed by atoms with E-state index in [2.05, 4.69) is 14.0 Å². The number of rotatable bonds is 2. The van der Waals surface area contributed by atoms with Crippen LogP contribution in [0.5, 0.6) is 0 Å². The van der Waals surface area contributed by atoms with Crippen molar-refractivity contribution in [1.82, 2.24) is 0 Å². The maximum atomic E-state index is 6.22. The number of nitrogens with zero attached hydrogens (tertiary/aromatic N) is 2. The van der Waals surface area contributed by atoms with Gasteiger partial charge in [0.25, 0.3) is 0 Å². The fourth-order valence-corrected chi connectivity index (χ4v) is 2.95. The third-order valence-corrected chi connectivity index (χ3v) is 3.91. The predicted molar refractivity (Wildman–Crippen MR) is 86.6 cm³/mol. The van der Waals surface area contributed by atoms with Gasteiger partial charge in [-0.05, 0) is 24.3 Å². The van der Waals surface area contributed by atoms with Gasteiger partial charge in [-0.25, -0.2) is 0 Å². The van der Waals surface area contributed by atoms with Crippen LogP contribution < -0.4 is 16.8 Å². The van der Waals surface area contributed by atoms with Gasteiger partial charge in [-0.1, -0.05) is 23.2 Å². The summed E-state index contributed by atoms with van der Waals surface area (Å²) in [5, 5.41) is 4.11. The van der Waals surface area contributed by atoms with Crippen molar-refractivity contribution in [2.24, 2.45) is 8.73 Å². The lowest BCUT2D eigenvalue weighted by molar-refractivity contribution is 1.49. The third kappa shape index (κ3) is 2.22. The standard InChI is InChI=1S/C12H9Cl2N5S/c13-6-4-7(14)11-12(19-20-18-11)10(6)17-5-1-2-8(15)9(16)3-5/h1-4,17H,15-16H2. The van der Waals surface area contributed by atoms with Crippen molar-refractivity contribution in [2.75, 3.05) is 16.8 Å². The molecule has 8 heteroatoms. The van der Waals surface area contributed by atoms with E-state index in [9.17, 15) is 0 Å². The summed E-state index contributed by atoms with van der Waals surface area (Å²) in [7, 11) is 0. The summed E-state index contributed by atoms with van der Waals surface area (Å²) in [5.41, 5.74) is 15.1. The topological polar surface area (TPSA) is 88.8 Å². The molecule has 1 aliphatic rings. The third-order valence-electron chi connectivity index (χ3n) is 2.80. The van der Waals surface area contributed by atoms with Gasteiger partial charge in [0.05, 0.1) is 38.5 Å². The minimum absolute atomic E-state index is 0.464. The smallest absolute Gasteiger partial charge is 0.131 e. The van der Waals surface area contributed by atoms with Crippen molar-refractivity contribution in [1.29, 1.82) is 0 Å². The zero-order valence-corrected chi connectivity index (χ0v) is 12.4. The Balaban J connectivity index is 2.06. The Morgan fingerprint density at radius 1 is 0.950 bits per heavy atom. The van der Waals surface area contributed by atoms with Gasteiger partial charge in [0.2, 0.25) is 0 Å². The molecule has 20 heavy (non-hydrogen) atoms. The van der Waals surface area contributed by atoms with Crippen LogP contribution >= 0.6 is 23.2 Å². The quantitative estimate of drug-likeness (QED) is 0.600. The number of hydrogen-bond donors (Lipinski definition) is 3. The second kappa shape index (κ2) is 4.97. The van der Waals surface area contributed by atoms with Gasteiger partial charge >= 0.3 is 0 Å². The van der Waals surface area contributed by atoms with Crippen LogP contribution in [0.1, 0.15) is 0 Å². The van der Waals surface area contributed by atoms with Crippen molar-refractivity contribution >= 4 is 68.7 Å². The number of nitrogens with two attached hydrogens (primary N) is 2. The molecule has 0 fully saturated rings. The lowest BCUT2D eigenvalue weighted by atomic mass is 10.2. The van der Waals surface area contributed by atoms with Crippen molar-refractivity contribution in [3.8, 4) is 0 Å². The molecular formula is C12H9Cl2N5S. The molecule has 0 amide bonds. The molecule has 0 spiro atoms. The van der Waals surface area contributed by atoms with Crippen LogP contribution in [0, 0.1) is 0 Å². The number of fused-ring (bicyclic) bond motifs is 1. The highest BCUT2D eigenvalue weighted by molar-refractivity contribution is 7.58. The fraction of sp³-hybridized carbons (Fsp3) is 0. The first-order valence-corrected chi connectivity index (χ1v) is 7.07. The molecule has 5 nitrogen and oxygen atoms in total. The highest BCUT2D eigenvalue weighted by Crippen LogP contribution is 2.48. The van der Waals surface area contributed by atoms with E-state index in [-0.39, 0.29) is 0 Å². The first-order chi connectivity index (χ1) is 9.56. The minimum atomic E-state index is 0.464. The van der Waals surface area contributed by atoms with Crippen LogP contribution in [-0.4, -0.2) is 0 Å². The van der Waals surface area contributed by atoms with Gasteiger partial charge in [-0.2, -0.15) is 8.73 Å². The van der Waals surface area contributed by atoms with Crippen LogP contribution in [0.3, 0.4) is 0 Å². The van der Waals surface area contributed by atoms with E-state index in [1.807, 2.05) is 6.07 Å². The van der Waals surface area contributed by atoms with E-state index in [1.54, 1.807) is 18.2 Å². The van der Waals surface area contributed by atoms with E-state index in [4.69, 9.17) is 34.7 Å². The summed E-state index contributed by atoms with van der Waals surface area (Å²) in [5.74, 6) is 0. The molecule has 0 bridgehead atoms. The molecule has 0 atom stereocenters. The molecule has 0 unspecified atom stereocenters. The summed E-state index contributed by atoms with van der Waals surface area (Å²) < 4.78 is 8.37. The molecule has 0 aromatic heterocycles. The molecule has 0 saturated heterocycles. The second-order valence-electron chi connectivity index (χ2n) is 4.15. The minimum Gasteiger partial charge on any atom is -0.397 e. The Bertz CT molecular complexity index is 784. The number of benzene rings is 2. The van der Waals surface area contributed by atoms with Crippen LogP contribution in [-0.2, 0) is 11.4 Å².